The Bertz CT molecular complexity index is 639. The number of benzene rings is 2. The minimum Gasteiger partial charge on any atom is -0.207 e. The van der Waals surface area contributed by atoms with Crippen LogP contribution >= 0.6 is 0 Å². The van der Waals surface area contributed by atoms with Crippen LogP contribution in [0.25, 0.3) is 0 Å². The zero-order chi connectivity index (χ0) is 15.1. The summed E-state index contributed by atoms with van der Waals surface area (Å²) in [6, 6.07) is 18.4. The monoisotopic (exact) mass is 303 g/mol. The molecule has 0 unspecified atom stereocenters. The van der Waals surface area contributed by atoms with Gasteiger partial charge in [-0.2, -0.15) is 4.31 Å². The number of unbranched alkanes of at least 4 members (excludes halogenated alkanes) is 1. The van der Waals surface area contributed by atoms with Crippen molar-refractivity contribution in [3.8, 4) is 0 Å². The minimum absolute atomic E-state index is 0.358. The molecule has 0 aromatic heterocycles. The largest absolute Gasteiger partial charge is 0.243 e. The lowest BCUT2D eigenvalue weighted by molar-refractivity contribution is 0.398. The van der Waals surface area contributed by atoms with E-state index in [1.807, 2.05) is 36.4 Å². The highest BCUT2D eigenvalue weighted by molar-refractivity contribution is 7.89. The van der Waals surface area contributed by atoms with Crippen molar-refractivity contribution in [3.63, 3.8) is 0 Å². The molecule has 0 saturated carbocycles. The third-order valence-corrected chi connectivity index (χ3v) is 5.20. The van der Waals surface area contributed by atoms with Gasteiger partial charge >= 0.3 is 0 Å². The van der Waals surface area contributed by atoms with Gasteiger partial charge in [-0.25, -0.2) is 8.42 Å². The molecule has 0 amide bonds. The lowest BCUT2D eigenvalue weighted by Gasteiger charge is -2.22. The Balaban J connectivity index is 2.27. The number of hydrogen-bond acceptors (Lipinski definition) is 2. The zero-order valence-electron chi connectivity index (χ0n) is 12.3. The fourth-order valence-corrected chi connectivity index (χ4v) is 3.63. The van der Waals surface area contributed by atoms with E-state index in [4.69, 9.17) is 0 Å². The van der Waals surface area contributed by atoms with Crippen LogP contribution in [0.15, 0.2) is 65.6 Å². The molecule has 0 saturated heterocycles. The quantitative estimate of drug-likeness (QED) is 0.782. The summed E-state index contributed by atoms with van der Waals surface area (Å²) in [6.45, 7) is 3.02. The molecule has 0 aliphatic rings. The highest BCUT2D eigenvalue weighted by atomic mass is 32.2. The van der Waals surface area contributed by atoms with Crippen LogP contribution in [0, 0.1) is 0 Å². The Morgan fingerprint density at radius 1 is 0.905 bits per heavy atom. The summed E-state index contributed by atoms with van der Waals surface area (Å²) in [5.41, 5.74) is 1.01. The van der Waals surface area contributed by atoms with E-state index in [1.165, 1.54) is 0 Å². The lowest BCUT2D eigenvalue weighted by atomic mass is 10.2. The highest BCUT2D eigenvalue weighted by Gasteiger charge is 2.23. The average Bonchev–Trinajstić information content (AvgIpc) is 2.53. The molecule has 0 spiro atoms. The molecule has 0 N–H and O–H groups in total. The first kappa shape index (κ1) is 15.7. The normalized spacial score (nSPS) is 11.7. The van der Waals surface area contributed by atoms with Crippen molar-refractivity contribution in [2.24, 2.45) is 0 Å². The summed E-state index contributed by atoms with van der Waals surface area (Å²) >= 11 is 0. The van der Waals surface area contributed by atoms with Gasteiger partial charge in [0.05, 0.1) is 4.90 Å². The fraction of sp³-hybridized carbons (Fsp3) is 0.294. The van der Waals surface area contributed by atoms with Crippen LogP contribution < -0.4 is 0 Å². The van der Waals surface area contributed by atoms with E-state index < -0.39 is 10.0 Å². The summed E-state index contributed by atoms with van der Waals surface area (Å²) in [5, 5.41) is 0. The van der Waals surface area contributed by atoms with Gasteiger partial charge in [0.15, 0.2) is 0 Å². The van der Waals surface area contributed by atoms with Crippen LogP contribution in [-0.2, 0) is 16.6 Å². The highest BCUT2D eigenvalue weighted by Crippen LogP contribution is 2.18. The topological polar surface area (TPSA) is 37.4 Å². The van der Waals surface area contributed by atoms with Gasteiger partial charge in [0.1, 0.15) is 0 Å². The maximum absolute atomic E-state index is 12.8. The molecule has 2 rings (SSSR count). The molecule has 0 aliphatic heterocycles. The molecule has 0 radical (unpaired) electrons. The van der Waals surface area contributed by atoms with E-state index in [-0.39, 0.29) is 0 Å². The van der Waals surface area contributed by atoms with E-state index in [0.717, 1.165) is 18.4 Å². The van der Waals surface area contributed by atoms with E-state index in [9.17, 15) is 8.42 Å². The molecule has 21 heavy (non-hydrogen) atoms. The standard InChI is InChI=1S/C17H21NO2S/c1-2-3-14-18(15-16-10-6-4-7-11-16)21(19,20)17-12-8-5-9-13-17/h4-13H,2-3,14-15H2,1H3. The third-order valence-electron chi connectivity index (χ3n) is 3.34. The predicted molar refractivity (Wildman–Crippen MR) is 85.4 cm³/mol. The van der Waals surface area contributed by atoms with Crippen LogP contribution in [0.4, 0.5) is 0 Å². The van der Waals surface area contributed by atoms with E-state index in [2.05, 4.69) is 6.92 Å². The molecule has 2 aromatic carbocycles. The molecule has 2 aromatic rings. The second-order valence-electron chi connectivity index (χ2n) is 4.99. The molecule has 0 fully saturated rings. The molecule has 0 heterocycles. The maximum Gasteiger partial charge on any atom is 0.243 e. The molecule has 0 aliphatic carbocycles. The van der Waals surface area contributed by atoms with Gasteiger partial charge in [0.2, 0.25) is 10.0 Å². The van der Waals surface area contributed by atoms with Gasteiger partial charge in [-0.1, -0.05) is 61.9 Å². The smallest absolute Gasteiger partial charge is 0.207 e. The van der Waals surface area contributed by atoms with Crippen LogP contribution in [0.2, 0.25) is 0 Å². The Hall–Kier alpha value is -1.65. The van der Waals surface area contributed by atoms with Crippen LogP contribution in [0.1, 0.15) is 25.3 Å². The number of rotatable bonds is 7. The van der Waals surface area contributed by atoms with Crippen molar-refractivity contribution < 1.29 is 8.42 Å². The molecule has 0 atom stereocenters. The summed E-state index contributed by atoms with van der Waals surface area (Å²) in [6.07, 6.45) is 1.83. The van der Waals surface area contributed by atoms with E-state index in [0.29, 0.717) is 18.0 Å². The first-order chi connectivity index (χ1) is 10.1. The van der Waals surface area contributed by atoms with Crippen molar-refractivity contribution in [2.75, 3.05) is 6.54 Å². The summed E-state index contributed by atoms with van der Waals surface area (Å²) in [7, 11) is -3.44. The minimum atomic E-state index is -3.44. The first-order valence-electron chi connectivity index (χ1n) is 7.23. The van der Waals surface area contributed by atoms with E-state index >= 15 is 0 Å². The molecule has 4 heteroatoms. The van der Waals surface area contributed by atoms with Gasteiger partial charge in [-0.15, -0.1) is 0 Å². The van der Waals surface area contributed by atoms with E-state index in [1.54, 1.807) is 28.6 Å². The average molecular weight is 303 g/mol. The Labute approximate surface area is 127 Å². The Kier molecular flexibility index (Phi) is 5.53. The van der Waals surface area contributed by atoms with Crippen molar-refractivity contribution in [2.45, 2.75) is 31.2 Å². The molecular formula is C17H21NO2S. The number of hydrogen-bond donors (Lipinski definition) is 0. The summed E-state index contributed by atoms with van der Waals surface area (Å²) in [4.78, 5) is 0.358. The SMILES string of the molecule is CCCCN(Cc1ccccc1)S(=O)(=O)c1ccccc1. The second-order valence-corrected chi connectivity index (χ2v) is 6.93. The number of sulfonamides is 1. The van der Waals surface area contributed by atoms with Gasteiger partial charge in [-0.3, -0.25) is 0 Å². The molecular weight excluding hydrogens is 282 g/mol. The Morgan fingerprint density at radius 2 is 1.48 bits per heavy atom. The third kappa shape index (κ3) is 4.16. The summed E-state index contributed by atoms with van der Waals surface area (Å²) in [5.74, 6) is 0. The molecule has 112 valence electrons. The zero-order valence-corrected chi connectivity index (χ0v) is 13.1. The van der Waals surface area contributed by atoms with Crippen LogP contribution in [0.3, 0.4) is 0 Å². The van der Waals surface area contributed by atoms with Crippen molar-refractivity contribution in [1.82, 2.24) is 4.31 Å². The maximum atomic E-state index is 12.8. The van der Waals surface area contributed by atoms with Gasteiger partial charge in [0, 0.05) is 13.1 Å². The van der Waals surface area contributed by atoms with Crippen LogP contribution in [0.5, 0.6) is 0 Å². The lowest BCUT2D eigenvalue weighted by Crippen LogP contribution is -2.31. The van der Waals surface area contributed by atoms with Gasteiger partial charge < -0.3 is 0 Å². The van der Waals surface area contributed by atoms with Crippen molar-refractivity contribution in [1.29, 1.82) is 0 Å². The fourth-order valence-electron chi connectivity index (χ4n) is 2.15. The first-order valence-corrected chi connectivity index (χ1v) is 8.67. The summed E-state index contributed by atoms with van der Waals surface area (Å²) < 4.78 is 27.1. The van der Waals surface area contributed by atoms with Crippen molar-refractivity contribution >= 4 is 10.0 Å². The Morgan fingerprint density at radius 3 is 2.05 bits per heavy atom. The van der Waals surface area contributed by atoms with Crippen molar-refractivity contribution in [3.05, 3.63) is 66.2 Å². The van der Waals surface area contributed by atoms with Gasteiger partial charge in [0.25, 0.3) is 0 Å². The molecule has 0 bridgehead atoms. The van der Waals surface area contributed by atoms with Gasteiger partial charge in [-0.05, 0) is 24.1 Å². The second kappa shape index (κ2) is 7.38. The predicted octanol–water partition coefficient (Wildman–Crippen LogP) is 3.68. The molecule has 3 nitrogen and oxygen atoms in total. The van der Waals surface area contributed by atoms with Crippen LogP contribution in [-0.4, -0.2) is 19.3 Å². The number of nitrogens with zero attached hydrogens (tertiary/aromatic N) is 1.